The molecule has 1 aliphatic heterocycles. The minimum absolute atomic E-state index is 0.967. The lowest BCUT2D eigenvalue weighted by Crippen LogP contribution is -2.46. The van der Waals surface area contributed by atoms with Crippen LogP contribution >= 0.6 is 11.3 Å². The van der Waals surface area contributed by atoms with Gasteiger partial charge in [0, 0.05) is 37.6 Å². The maximum Gasteiger partial charge on any atom is 0.138 e. The monoisotopic (exact) mass is 319 g/mol. The van der Waals surface area contributed by atoms with Crippen LogP contribution in [-0.4, -0.2) is 65.6 Å². The van der Waals surface area contributed by atoms with Crippen LogP contribution in [0.2, 0.25) is 0 Å². The van der Waals surface area contributed by atoms with Crippen LogP contribution in [0.15, 0.2) is 12.4 Å². The number of rotatable bonds is 6. The van der Waals surface area contributed by atoms with Gasteiger partial charge in [0.25, 0.3) is 0 Å². The molecule has 0 saturated carbocycles. The van der Waals surface area contributed by atoms with Gasteiger partial charge in [-0.2, -0.15) is 0 Å². The Morgan fingerprint density at radius 3 is 2.73 bits per heavy atom. The molecule has 0 unspecified atom stereocenters. The highest BCUT2D eigenvalue weighted by Gasteiger charge is 2.14. The number of aromatic nitrogens is 2. The number of thiophene rings is 1. The van der Waals surface area contributed by atoms with Crippen molar-refractivity contribution in [3.8, 4) is 0 Å². The number of fused-ring (bicyclic) bond motifs is 1. The lowest BCUT2D eigenvalue weighted by molar-refractivity contribution is 0.137. The van der Waals surface area contributed by atoms with E-state index in [0.717, 1.165) is 29.0 Å². The van der Waals surface area contributed by atoms with Crippen molar-refractivity contribution in [2.75, 3.05) is 51.1 Å². The van der Waals surface area contributed by atoms with Crippen molar-refractivity contribution in [1.29, 1.82) is 0 Å². The third-order valence-corrected chi connectivity index (χ3v) is 5.27. The Bertz CT molecular complexity index is 604. The van der Waals surface area contributed by atoms with Crippen LogP contribution in [0.1, 0.15) is 18.2 Å². The molecule has 120 valence electrons. The molecule has 0 aliphatic carbocycles. The van der Waals surface area contributed by atoms with Gasteiger partial charge in [0.2, 0.25) is 0 Å². The van der Waals surface area contributed by atoms with Crippen LogP contribution in [0.3, 0.4) is 0 Å². The molecule has 0 aromatic carbocycles. The van der Waals surface area contributed by atoms with E-state index < -0.39 is 0 Å². The first-order valence-corrected chi connectivity index (χ1v) is 8.97. The van der Waals surface area contributed by atoms with Crippen molar-refractivity contribution in [2.24, 2.45) is 0 Å². The molecule has 3 heterocycles. The number of nitrogens with zero attached hydrogens (tertiary/aromatic N) is 4. The van der Waals surface area contributed by atoms with Gasteiger partial charge in [-0.3, -0.25) is 0 Å². The van der Waals surface area contributed by atoms with Gasteiger partial charge in [0.1, 0.15) is 17.0 Å². The average Bonchev–Trinajstić information content (AvgIpc) is 2.93. The number of nitrogens with one attached hydrogen (secondary N) is 1. The van der Waals surface area contributed by atoms with Gasteiger partial charge < -0.3 is 15.1 Å². The Balaban J connectivity index is 1.45. The number of piperazine rings is 1. The van der Waals surface area contributed by atoms with Crippen molar-refractivity contribution in [1.82, 2.24) is 19.8 Å². The second kappa shape index (κ2) is 7.35. The molecule has 2 aromatic rings. The smallest absolute Gasteiger partial charge is 0.138 e. The second-order valence-electron chi connectivity index (χ2n) is 5.85. The first-order valence-electron chi connectivity index (χ1n) is 8.16. The Kier molecular flexibility index (Phi) is 5.23. The summed E-state index contributed by atoms with van der Waals surface area (Å²) in [7, 11) is 0. The van der Waals surface area contributed by atoms with Crippen LogP contribution in [0.4, 0.5) is 5.82 Å². The summed E-state index contributed by atoms with van der Waals surface area (Å²) in [5.74, 6) is 0.977. The number of anilines is 1. The summed E-state index contributed by atoms with van der Waals surface area (Å²) >= 11 is 1.73. The summed E-state index contributed by atoms with van der Waals surface area (Å²) in [6, 6.07) is 2.17. The summed E-state index contributed by atoms with van der Waals surface area (Å²) in [5, 5.41) is 4.63. The quantitative estimate of drug-likeness (QED) is 0.829. The molecule has 1 N–H and O–H groups in total. The zero-order valence-corrected chi connectivity index (χ0v) is 14.3. The van der Waals surface area contributed by atoms with Gasteiger partial charge in [-0.25, -0.2) is 9.97 Å². The molecule has 1 aliphatic rings. The van der Waals surface area contributed by atoms with Crippen LogP contribution in [-0.2, 0) is 0 Å². The SMILES string of the molecule is CCN1CCN(CCCNc2ncnc3sc(C)cc23)CC1. The van der Waals surface area contributed by atoms with E-state index in [1.165, 1.54) is 44.1 Å². The Morgan fingerprint density at radius 2 is 1.95 bits per heavy atom. The molecule has 0 spiro atoms. The maximum atomic E-state index is 4.39. The van der Waals surface area contributed by atoms with Gasteiger partial charge in [-0.1, -0.05) is 6.92 Å². The van der Waals surface area contributed by atoms with E-state index in [-0.39, 0.29) is 0 Å². The standard InChI is InChI=1S/C16H25N5S/c1-3-20-7-9-21(10-8-20)6-4-5-17-15-14-11-13(2)22-16(14)19-12-18-15/h11-12H,3-10H2,1-2H3,(H,17,18,19). The van der Waals surface area contributed by atoms with Gasteiger partial charge in [-0.05, 0) is 32.5 Å². The predicted molar refractivity (Wildman–Crippen MR) is 93.8 cm³/mol. The third-order valence-electron chi connectivity index (χ3n) is 4.31. The second-order valence-corrected chi connectivity index (χ2v) is 7.09. The topological polar surface area (TPSA) is 44.3 Å². The summed E-state index contributed by atoms with van der Waals surface area (Å²) < 4.78 is 0. The first kappa shape index (κ1) is 15.6. The van der Waals surface area contributed by atoms with E-state index in [9.17, 15) is 0 Å². The van der Waals surface area contributed by atoms with Crippen molar-refractivity contribution in [3.05, 3.63) is 17.3 Å². The zero-order chi connectivity index (χ0) is 15.4. The normalized spacial score (nSPS) is 17.2. The lowest BCUT2D eigenvalue weighted by atomic mass is 10.3. The van der Waals surface area contributed by atoms with Crippen LogP contribution in [0.5, 0.6) is 0 Å². The summed E-state index contributed by atoms with van der Waals surface area (Å²) in [6.45, 7) is 12.5. The van der Waals surface area contributed by atoms with Gasteiger partial charge >= 0.3 is 0 Å². The molecule has 5 nitrogen and oxygen atoms in total. The number of hydrogen-bond donors (Lipinski definition) is 1. The van der Waals surface area contributed by atoms with Crippen molar-refractivity contribution >= 4 is 27.4 Å². The van der Waals surface area contributed by atoms with Crippen molar-refractivity contribution < 1.29 is 0 Å². The fourth-order valence-electron chi connectivity index (χ4n) is 2.96. The molecule has 0 radical (unpaired) electrons. The predicted octanol–water partition coefficient (Wildman–Crippen LogP) is 2.44. The molecule has 1 fully saturated rings. The minimum Gasteiger partial charge on any atom is -0.369 e. The van der Waals surface area contributed by atoms with E-state index in [1.54, 1.807) is 17.7 Å². The minimum atomic E-state index is 0.967. The largest absolute Gasteiger partial charge is 0.369 e. The van der Waals surface area contributed by atoms with Gasteiger partial charge in [0.15, 0.2) is 0 Å². The molecule has 3 rings (SSSR count). The van der Waals surface area contributed by atoms with E-state index in [4.69, 9.17) is 0 Å². The molecular formula is C16H25N5S. The van der Waals surface area contributed by atoms with Crippen LogP contribution in [0, 0.1) is 6.92 Å². The fourth-order valence-corrected chi connectivity index (χ4v) is 3.80. The third kappa shape index (κ3) is 3.74. The summed E-state index contributed by atoms with van der Waals surface area (Å²) in [6.07, 6.45) is 2.81. The van der Waals surface area contributed by atoms with Crippen LogP contribution < -0.4 is 5.32 Å². The molecule has 22 heavy (non-hydrogen) atoms. The Hall–Kier alpha value is -1.24. The number of likely N-dealkylation sites (N-methyl/N-ethyl adjacent to an activating group) is 1. The molecule has 0 bridgehead atoms. The molecule has 0 amide bonds. The van der Waals surface area contributed by atoms with E-state index in [0.29, 0.717) is 0 Å². The van der Waals surface area contributed by atoms with Crippen molar-refractivity contribution in [3.63, 3.8) is 0 Å². The zero-order valence-electron chi connectivity index (χ0n) is 13.5. The highest BCUT2D eigenvalue weighted by Crippen LogP contribution is 2.27. The van der Waals surface area contributed by atoms with Gasteiger partial charge in [-0.15, -0.1) is 11.3 Å². The highest BCUT2D eigenvalue weighted by molar-refractivity contribution is 7.18. The van der Waals surface area contributed by atoms with Crippen molar-refractivity contribution in [2.45, 2.75) is 20.3 Å². The van der Waals surface area contributed by atoms with Gasteiger partial charge in [0.05, 0.1) is 5.39 Å². The molecule has 6 heteroatoms. The number of hydrogen-bond acceptors (Lipinski definition) is 6. The Labute approximate surface area is 136 Å². The van der Waals surface area contributed by atoms with E-state index in [2.05, 4.69) is 45.0 Å². The highest BCUT2D eigenvalue weighted by atomic mass is 32.1. The molecule has 1 saturated heterocycles. The first-order chi connectivity index (χ1) is 10.8. The van der Waals surface area contributed by atoms with Crippen LogP contribution in [0.25, 0.3) is 10.2 Å². The average molecular weight is 319 g/mol. The summed E-state index contributed by atoms with van der Waals surface area (Å²) in [5.41, 5.74) is 0. The maximum absolute atomic E-state index is 4.39. The number of aryl methyl sites for hydroxylation is 1. The van der Waals surface area contributed by atoms with E-state index >= 15 is 0 Å². The molecule has 0 atom stereocenters. The van der Waals surface area contributed by atoms with E-state index in [1.807, 2.05) is 0 Å². The molecular weight excluding hydrogens is 294 g/mol. The lowest BCUT2D eigenvalue weighted by Gasteiger charge is -2.33. The summed E-state index contributed by atoms with van der Waals surface area (Å²) in [4.78, 5) is 16.2. The Morgan fingerprint density at radius 1 is 1.18 bits per heavy atom. The molecule has 2 aromatic heterocycles. The fraction of sp³-hybridized carbons (Fsp3) is 0.625.